The van der Waals surface area contributed by atoms with E-state index in [4.69, 9.17) is 22.1 Å². The van der Waals surface area contributed by atoms with E-state index in [2.05, 4.69) is 20.6 Å². The van der Waals surface area contributed by atoms with Gasteiger partial charge in [-0.15, -0.1) is 0 Å². The molecule has 1 atom stereocenters. The standard InChI is InChI=1S/C23H24ClN5O3/c1-14-5-7-17(19(10-14)32-13-15(2)11-25)22(30)28-18-4-3-9-26-21(18)23(31)29-20-8-6-16(24)12-27-20/h3-10,12,15H,11,13,25H2,1-2H3,(H,28,30)(H,27,29,31). The van der Waals surface area contributed by atoms with Gasteiger partial charge in [0.25, 0.3) is 11.8 Å². The number of halogens is 1. The molecular formula is C23H24ClN5O3. The molecule has 0 aliphatic heterocycles. The van der Waals surface area contributed by atoms with Crippen LogP contribution in [0.4, 0.5) is 11.5 Å². The molecule has 0 spiro atoms. The van der Waals surface area contributed by atoms with Crippen molar-refractivity contribution in [2.45, 2.75) is 13.8 Å². The molecule has 2 amide bonds. The second kappa shape index (κ2) is 10.7. The zero-order valence-corrected chi connectivity index (χ0v) is 18.5. The SMILES string of the molecule is Cc1ccc(C(=O)Nc2cccnc2C(=O)Nc2ccc(Cl)cn2)c(OCC(C)CN)c1. The number of aryl methyl sites for hydroxylation is 1. The molecule has 8 nitrogen and oxygen atoms in total. The fourth-order valence-corrected chi connectivity index (χ4v) is 2.85. The molecule has 1 unspecified atom stereocenters. The number of benzene rings is 1. The van der Waals surface area contributed by atoms with Gasteiger partial charge in [-0.1, -0.05) is 24.6 Å². The summed E-state index contributed by atoms with van der Waals surface area (Å²) in [6.07, 6.45) is 2.89. The van der Waals surface area contributed by atoms with Gasteiger partial charge in [0.1, 0.15) is 11.6 Å². The van der Waals surface area contributed by atoms with Crippen molar-refractivity contribution in [1.29, 1.82) is 0 Å². The molecule has 2 aromatic heterocycles. The van der Waals surface area contributed by atoms with Crippen LogP contribution in [-0.4, -0.2) is 34.9 Å². The van der Waals surface area contributed by atoms with Crippen LogP contribution in [-0.2, 0) is 0 Å². The van der Waals surface area contributed by atoms with Crippen molar-refractivity contribution in [2.24, 2.45) is 11.7 Å². The van der Waals surface area contributed by atoms with Gasteiger partial charge in [-0.3, -0.25) is 9.59 Å². The molecule has 0 bridgehead atoms. The lowest BCUT2D eigenvalue weighted by Crippen LogP contribution is -2.21. The molecule has 3 rings (SSSR count). The van der Waals surface area contributed by atoms with Crippen molar-refractivity contribution < 1.29 is 14.3 Å². The Kier molecular flexibility index (Phi) is 7.75. The van der Waals surface area contributed by atoms with Crippen molar-refractivity contribution in [3.8, 4) is 5.75 Å². The van der Waals surface area contributed by atoms with Gasteiger partial charge in [0, 0.05) is 18.3 Å². The van der Waals surface area contributed by atoms with Gasteiger partial charge in [0.2, 0.25) is 0 Å². The summed E-state index contributed by atoms with van der Waals surface area (Å²) < 4.78 is 5.84. The van der Waals surface area contributed by atoms with E-state index in [0.29, 0.717) is 35.3 Å². The minimum atomic E-state index is -0.520. The number of nitrogens with two attached hydrogens (primary N) is 1. The Bertz CT molecular complexity index is 1110. The van der Waals surface area contributed by atoms with E-state index in [1.807, 2.05) is 19.9 Å². The summed E-state index contributed by atoms with van der Waals surface area (Å²) in [6, 6.07) is 11.7. The lowest BCUT2D eigenvalue weighted by molar-refractivity contribution is 0.102. The van der Waals surface area contributed by atoms with Crippen LogP contribution in [0.1, 0.15) is 33.3 Å². The normalized spacial score (nSPS) is 11.5. The summed E-state index contributed by atoms with van der Waals surface area (Å²) in [6.45, 7) is 4.74. The number of hydrogen-bond acceptors (Lipinski definition) is 6. The minimum absolute atomic E-state index is 0.0453. The smallest absolute Gasteiger partial charge is 0.277 e. The fraction of sp³-hybridized carbons (Fsp3) is 0.217. The first kappa shape index (κ1) is 23.2. The second-order valence-electron chi connectivity index (χ2n) is 7.32. The number of pyridine rings is 2. The van der Waals surface area contributed by atoms with Gasteiger partial charge >= 0.3 is 0 Å². The van der Waals surface area contributed by atoms with Crippen molar-refractivity contribution in [1.82, 2.24) is 9.97 Å². The highest BCUT2D eigenvalue weighted by molar-refractivity contribution is 6.30. The van der Waals surface area contributed by atoms with Crippen LogP contribution in [0.2, 0.25) is 5.02 Å². The Labute approximate surface area is 191 Å². The van der Waals surface area contributed by atoms with E-state index >= 15 is 0 Å². The zero-order chi connectivity index (χ0) is 23.1. The first-order valence-electron chi connectivity index (χ1n) is 10.00. The van der Waals surface area contributed by atoms with Gasteiger partial charge in [0.15, 0.2) is 5.69 Å². The highest BCUT2D eigenvalue weighted by Gasteiger charge is 2.19. The molecule has 0 saturated carbocycles. The lowest BCUT2D eigenvalue weighted by Gasteiger charge is -2.16. The van der Waals surface area contributed by atoms with Gasteiger partial charge < -0.3 is 21.1 Å². The Morgan fingerprint density at radius 3 is 2.66 bits per heavy atom. The largest absolute Gasteiger partial charge is 0.492 e. The summed E-state index contributed by atoms with van der Waals surface area (Å²) >= 11 is 5.82. The third-order valence-electron chi connectivity index (χ3n) is 4.55. The fourth-order valence-electron chi connectivity index (χ4n) is 2.74. The summed E-state index contributed by atoms with van der Waals surface area (Å²) in [4.78, 5) is 33.9. The Morgan fingerprint density at radius 1 is 1.12 bits per heavy atom. The molecule has 9 heteroatoms. The Hall–Kier alpha value is -3.49. The number of aromatic nitrogens is 2. The van der Waals surface area contributed by atoms with Crippen molar-refractivity contribution in [3.63, 3.8) is 0 Å². The summed E-state index contributed by atoms with van der Waals surface area (Å²) in [5.41, 5.74) is 7.25. The van der Waals surface area contributed by atoms with E-state index in [9.17, 15) is 9.59 Å². The van der Waals surface area contributed by atoms with Crippen LogP contribution in [0.25, 0.3) is 0 Å². The van der Waals surface area contributed by atoms with E-state index in [0.717, 1.165) is 5.56 Å². The van der Waals surface area contributed by atoms with Crippen molar-refractivity contribution >= 4 is 34.9 Å². The van der Waals surface area contributed by atoms with E-state index in [-0.39, 0.29) is 17.3 Å². The van der Waals surface area contributed by atoms with Crippen LogP contribution in [0, 0.1) is 12.8 Å². The third-order valence-corrected chi connectivity index (χ3v) is 4.77. The average Bonchev–Trinajstić information content (AvgIpc) is 2.79. The minimum Gasteiger partial charge on any atom is -0.492 e. The van der Waals surface area contributed by atoms with Crippen molar-refractivity contribution in [3.05, 3.63) is 76.7 Å². The van der Waals surface area contributed by atoms with Gasteiger partial charge in [-0.05, 0) is 55.4 Å². The monoisotopic (exact) mass is 453 g/mol. The first-order valence-corrected chi connectivity index (χ1v) is 10.4. The first-order chi connectivity index (χ1) is 15.4. The number of rotatable bonds is 8. The highest BCUT2D eigenvalue weighted by Crippen LogP contribution is 2.23. The predicted octanol–water partition coefficient (Wildman–Crippen LogP) is 3.92. The number of nitrogens with one attached hydrogen (secondary N) is 2. The molecule has 2 heterocycles. The summed E-state index contributed by atoms with van der Waals surface area (Å²) in [7, 11) is 0. The third kappa shape index (κ3) is 6.03. The van der Waals surface area contributed by atoms with E-state index < -0.39 is 11.8 Å². The molecule has 0 radical (unpaired) electrons. The van der Waals surface area contributed by atoms with Crippen LogP contribution in [0.5, 0.6) is 5.75 Å². The average molecular weight is 454 g/mol. The highest BCUT2D eigenvalue weighted by atomic mass is 35.5. The number of carbonyl (C=O) groups excluding carboxylic acids is 2. The van der Waals surface area contributed by atoms with Gasteiger partial charge in [-0.2, -0.15) is 0 Å². The Balaban J connectivity index is 1.80. The predicted molar refractivity (Wildman–Crippen MR) is 124 cm³/mol. The van der Waals surface area contributed by atoms with Crippen LogP contribution < -0.4 is 21.1 Å². The number of amides is 2. The molecule has 32 heavy (non-hydrogen) atoms. The van der Waals surface area contributed by atoms with Gasteiger partial charge in [-0.25, -0.2) is 9.97 Å². The number of carbonyl (C=O) groups is 2. The number of nitrogens with zero attached hydrogens (tertiary/aromatic N) is 2. The number of anilines is 2. The number of hydrogen-bond donors (Lipinski definition) is 3. The van der Waals surface area contributed by atoms with Crippen LogP contribution >= 0.6 is 11.6 Å². The zero-order valence-electron chi connectivity index (χ0n) is 17.8. The maximum absolute atomic E-state index is 13.0. The van der Waals surface area contributed by atoms with Gasteiger partial charge in [0.05, 0.1) is 22.9 Å². The molecule has 1 aromatic carbocycles. The Morgan fingerprint density at radius 2 is 1.94 bits per heavy atom. The topological polar surface area (TPSA) is 119 Å². The number of ether oxygens (including phenoxy) is 1. The molecular weight excluding hydrogens is 430 g/mol. The summed E-state index contributed by atoms with van der Waals surface area (Å²) in [5.74, 6) is -0.0462. The van der Waals surface area contributed by atoms with Crippen LogP contribution in [0.3, 0.4) is 0 Å². The molecule has 0 aliphatic carbocycles. The van der Waals surface area contributed by atoms with Crippen LogP contribution in [0.15, 0.2) is 54.9 Å². The maximum atomic E-state index is 13.0. The maximum Gasteiger partial charge on any atom is 0.277 e. The van der Waals surface area contributed by atoms with Crippen molar-refractivity contribution in [2.75, 3.05) is 23.8 Å². The quantitative estimate of drug-likeness (QED) is 0.475. The molecule has 166 valence electrons. The molecule has 0 aliphatic rings. The molecule has 0 saturated heterocycles. The molecule has 3 aromatic rings. The molecule has 0 fully saturated rings. The van der Waals surface area contributed by atoms with E-state index in [1.165, 1.54) is 12.4 Å². The van der Waals surface area contributed by atoms with E-state index in [1.54, 1.807) is 36.4 Å². The lowest BCUT2D eigenvalue weighted by atomic mass is 10.1. The summed E-state index contributed by atoms with van der Waals surface area (Å²) in [5, 5.41) is 5.84. The second-order valence-corrected chi connectivity index (χ2v) is 7.76. The molecule has 4 N–H and O–H groups in total.